The Morgan fingerprint density at radius 3 is 1.64 bits per heavy atom. The van der Waals surface area contributed by atoms with Crippen LogP contribution < -0.4 is 15.5 Å². The van der Waals surface area contributed by atoms with Gasteiger partial charge in [0.2, 0.25) is 17.5 Å². The molecule has 22 nitrogen and oxygen atoms in total. The highest BCUT2D eigenvalue weighted by Crippen LogP contribution is 2.35. The molecule has 2 aromatic heterocycles. The maximum atomic E-state index is 12.7. The van der Waals surface area contributed by atoms with Crippen LogP contribution in [0.3, 0.4) is 0 Å². The van der Waals surface area contributed by atoms with Crippen molar-refractivity contribution in [2.24, 2.45) is 0 Å². The molecule has 0 unspecified atom stereocenters. The van der Waals surface area contributed by atoms with Gasteiger partial charge in [0.25, 0.3) is 0 Å². The molecule has 5 rings (SSSR count). The highest BCUT2D eigenvalue weighted by Gasteiger charge is 2.33. The Morgan fingerprint density at radius 1 is 0.784 bits per heavy atom. The number of hydrogen-bond acceptors (Lipinski definition) is 19. The highest BCUT2D eigenvalue weighted by molar-refractivity contribution is 7.98. The van der Waals surface area contributed by atoms with Gasteiger partial charge in [0.15, 0.2) is 15.1 Å². The van der Waals surface area contributed by atoms with Crippen LogP contribution in [0.25, 0.3) is 0 Å². The van der Waals surface area contributed by atoms with E-state index in [0.29, 0.717) is 22.3 Å². The number of amides is 2. The number of halogens is 1. The number of terminal acetylenes is 1. The zero-order valence-electron chi connectivity index (χ0n) is 40.9. The summed E-state index contributed by atoms with van der Waals surface area (Å²) in [4.78, 5) is 86.8. The highest BCUT2D eigenvalue weighted by atomic mass is 35.5. The zero-order valence-corrected chi connectivity index (χ0v) is 43.3. The number of nitrogens with zero attached hydrogens (tertiary/aromatic N) is 7. The van der Waals surface area contributed by atoms with Crippen LogP contribution in [0.15, 0.2) is 53.7 Å². The third-order valence-corrected chi connectivity index (χ3v) is 9.89. The van der Waals surface area contributed by atoms with Crippen molar-refractivity contribution in [2.75, 3.05) is 61.4 Å². The lowest BCUT2D eigenvalue weighted by Crippen LogP contribution is -2.33. The summed E-state index contributed by atoms with van der Waals surface area (Å²) in [5.74, 6) is 10.3. The minimum Gasteiger partial charge on any atom is -0.466 e. The average molecular weight is 1080 g/mol. The number of nitro groups is 2. The largest absolute Gasteiger partial charge is 0.466 e. The molecule has 0 saturated carbocycles. The predicted octanol–water partition coefficient (Wildman–Crippen LogP) is 9.01. The second kappa shape index (κ2) is 35.3. The maximum absolute atomic E-state index is 12.7. The van der Waals surface area contributed by atoms with E-state index in [-0.39, 0.29) is 98.3 Å². The van der Waals surface area contributed by atoms with Crippen molar-refractivity contribution >= 4 is 88.5 Å². The molecule has 0 spiro atoms. The standard InChI is InChI=1S/C19H23N5O6S.C18H19ClN4O6S.C7H4.C4H8O.CH4/c1-4-29-14(25)10-12-7-6-8-13(9-12)11-23(19(26)30-5-2)17-15(24(27)28)16(20)21-18(22-17)31-3;1-3-28-13(24)9-11-6-5-7-12(8-11)10-22(18(25)29-4-2)16-14(23(26)27)15(19)20-17(30)21-16;1-3-5-7-6-4-2;1-2-4-5-3-1;/h6-9H,4-5,10-11H2,1-3H3,(H2,20,21,22);5-8H,3-4,9-10H2,1-2H3,(H,20,21,30);1H,2H3;1-4H2;1H4. The maximum Gasteiger partial charge on any atom is 0.415 e. The Bertz CT molecular complexity index is 2780. The quantitative estimate of drug-likeness (QED) is 0.0115. The SMILES string of the molecule is C.C#CC#CC#CC.C1CCOC1.CCOC(=O)Cc1cccc(CN(C(=O)OCC)c2nc(=S)[nH]c(Cl)c2[N+](=O)[O-])c1.CCOC(=O)Cc1cccc(CN(C(=O)OCC)c2nc(SC)nc(N)c2[N+](=O)[O-])c1. The van der Waals surface area contributed by atoms with E-state index in [0.717, 1.165) is 34.8 Å². The number of carbonyl (C=O) groups excluding carboxylic acids is 4. The number of thioether (sulfide) groups is 1. The second-order valence-corrected chi connectivity index (χ2v) is 15.6. The summed E-state index contributed by atoms with van der Waals surface area (Å²) in [5.41, 5.74) is 7.08. The van der Waals surface area contributed by atoms with Crippen LogP contribution in [0.4, 0.5) is 38.4 Å². The summed E-state index contributed by atoms with van der Waals surface area (Å²) in [6.45, 7) is 10.8. The number of ether oxygens (including phenoxy) is 5. The number of nitrogens with one attached hydrogen (secondary N) is 1. The van der Waals surface area contributed by atoms with Crippen molar-refractivity contribution in [1.29, 1.82) is 0 Å². The number of anilines is 3. The number of rotatable bonds is 17. The van der Waals surface area contributed by atoms with Gasteiger partial charge in [-0.3, -0.25) is 39.6 Å². The monoisotopic (exact) mass is 1080 g/mol. The molecule has 396 valence electrons. The van der Waals surface area contributed by atoms with Gasteiger partial charge in [-0.25, -0.2) is 9.59 Å². The minimum atomic E-state index is -0.861. The molecule has 74 heavy (non-hydrogen) atoms. The summed E-state index contributed by atoms with van der Waals surface area (Å²) in [6.07, 6.45) is 7.42. The lowest BCUT2D eigenvalue weighted by atomic mass is 10.1. The van der Waals surface area contributed by atoms with Gasteiger partial charge >= 0.3 is 35.5 Å². The van der Waals surface area contributed by atoms with Gasteiger partial charge in [0.05, 0.1) is 62.2 Å². The Kier molecular flexibility index (Phi) is 30.6. The number of nitrogens with two attached hydrogens (primary N) is 1. The van der Waals surface area contributed by atoms with Crippen molar-refractivity contribution in [1.82, 2.24) is 19.9 Å². The summed E-state index contributed by atoms with van der Waals surface area (Å²) in [5, 5.41) is 23.0. The van der Waals surface area contributed by atoms with Gasteiger partial charge in [0.1, 0.15) is 0 Å². The molecule has 0 radical (unpaired) electrons. The molecule has 1 fully saturated rings. The van der Waals surface area contributed by atoms with Crippen molar-refractivity contribution in [3.63, 3.8) is 0 Å². The Balaban J connectivity index is 0.000000596. The van der Waals surface area contributed by atoms with E-state index >= 15 is 0 Å². The predicted molar refractivity (Wildman–Crippen MR) is 283 cm³/mol. The van der Waals surface area contributed by atoms with E-state index in [9.17, 15) is 39.4 Å². The summed E-state index contributed by atoms with van der Waals surface area (Å²) in [6, 6.07) is 13.7. The smallest absolute Gasteiger partial charge is 0.415 e. The molecular formula is C49H58ClN9O13S2. The second-order valence-electron chi connectivity index (χ2n) is 14.1. The number of esters is 2. The summed E-state index contributed by atoms with van der Waals surface area (Å²) < 4.78 is 24.8. The number of nitrogen functional groups attached to an aromatic ring is 1. The lowest BCUT2D eigenvalue weighted by molar-refractivity contribution is -0.384. The van der Waals surface area contributed by atoms with Crippen LogP contribution in [0.5, 0.6) is 0 Å². The number of aromatic nitrogens is 4. The van der Waals surface area contributed by atoms with Crippen molar-refractivity contribution < 1.29 is 52.7 Å². The van der Waals surface area contributed by atoms with Gasteiger partial charge in [-0.1, -0.05) is 85.2 Å². The van der Waals surface area contributed by atoms with Crippen LogP contribution in [0, 0.1) is 61.0 Å². The van der Waals surface area contributed by atoms with Crippen molar-refractivity contribution in [3.8, 4) is 36.0 Å². The average Bonchev–Trinajstić information content (AvgIpc) is 3.94. The van der Waals surface area contributed by atoms with Crippen molar-refractivity contribution in [3.05, 3.63) is 101 Å². The molecule has 4 aromatic rings. The first-order valence-corrected chi connectivity index (χ1v) is 24.1. The van der Waals surface area contributed by atoms with Gasteiger partial charge < -0.3 is 34.4 Å². The molecule has 1 aliphatic heterocycles. The van der Waals surface area contributed by atoms with Crippen LogP contribution in [0.1, 0.15) is 77.1 Å². The molecule has 3 N–H and O–H groups in total. The van der Waals surface area contributed by atoms with E-state index in [1.165, 1.54) is 12.8 Å². The topological polar surface area (TPSA) is 288 Å². The number of hydrogen-bond donors (Lipinski definition) is 2. The van der Waals surface area contributed by atoms with Crippen LogP contribution in [-0.2, 0) is 59.2 Å². The molecular weight excluding hydrogens is 1020 g/mol. The van der Waals surface area contributed by atoms with E-state index in [1.54, 1.807) is 89.4 Å². The fraction of sp³-hybridized carbons (Fsp3) is 0.388. The third-order valence-electron chi connectivity index (χ3n) is 8.87. The molecule has 0 aliphatic carbocycles. The first kappa shape index (κ1) is 64.2. The van der Waals surface area contributed by atoms with Gasteiger partial charge in [-0.2, -0.15) is 15.0 Å². The minimum absolute atomic E-state index is 0. The van der Waals surface area contributed by atoms with Crippen molar-refractivity contribution in [2.45, 2.75) is 86.0 Å². The zero-order chi connectivity index (χ0) is 54.3. The van der Waals surface area contributed by atoms with E-state index in [4.69, 9.17) is 59.7 Å². The molecule has 0 bridgehead atoms. The van der Waals surface area contributed by atoms with Gasteiger partial charge in [-0.05, 0) is 112 Å². The summed E-state index contributed by atoms with van der Waals surface area (Å²) >= 11 is 12.0. The molecule has 25 heteroatoms. The molecule has 2 aromatic carbocycles. The van der Waals surface area contributed by atoms with Crippen LogP contribution in [0.2, 0.25) is 5.15 Å². The molecule has 1 saturated heterocycles. The van der Waals surface area contributed by atoms with E-state index in [1.807, 2.05) is 0 Å². The third kappa shape index (κ3) is 22.3. The first-order chi connectivity index (χ1) is 35.0. The first-order valence-electron chi connectivity index (χ1n) is 22.1. The van der Waals surface area contributed by atoms with E-state index in [2.05, 4.69) is 49.5 Å². The number of carbonyl (C=O) groups is 4. The lowest BCUT2D eigenvalue weighted by Gasteiger charge is -2.21. The van der Waals surface area contributed by atoms with Gasteiger partial charge in [-0.15, -0.1) is 6.42 Å². The summed E-state index contributed by atoms with van der Waals surface area (Å²) in [7, 11) is 0. The Hall–Kier alpha value is -7.82. The normalized spacial score (nSPS) is 10.5. The molecule has 3 heterocycles. The Labute approximate surface area is 443 Å². The van der Waals surface area contributed by atoms with E-state index < -0.39 is 39.4 Å². The molecule has 0 atom stereocenters. The molecule has 2 amide bonds. The number of aromatic amines is 1. The van der Waals surface area contributed by atoms with Crippen LogP contribution >= 0.6 is 35.6 Å². The van der Waals surface area contributed by atoms with Gasteiger partial charge in [0, 0.05) is 13.2 Å². The van der Waals surface area contributed by atoms with Crippen LogP contribution in [-0.4, -0.2) is 99.8 Å². The number of benzene rings is 2. The molecule has 1 aliphatic rings. The fourth-order valence-corrected chi connectivity index (χ4v) is 6.82. The number of H-pyrrole nitrogens is 1. The Morgan fingerprint density at radius 2 is 1.24 bits per heavy atom. The fourth-order valence-electron chi connectivity index (χ4n) is 5.97.